The van der Waals surface area contributed by atoms with Crippen molar-refractivity contribution >= 4 is 22.0 Å². The molecule has 0 saturated heterocycles. The van der Waals surface area contributed by atoms with Gasteiger partial charge in [0.2, 0.25) is 10.0 Å². The normalized spacial score (nSPS) is 11.2. The minimum absolute atomic E-state index is 0.0169. The molecule has 0 aliphatic heterocycles. The van der Waals surface area contributed by atoms with E-state index >= 15 is 0 Å². The largest absolute Gasteiger partial charge is 0.495 e. The number of benzene rings is 1. The lowest BCUT2D eigenvalue weighted by atomic mass is 10.2. The van der Waals surface area contributed by atoms with Gasteiger partial charge in [0.1, 0.15) is 17.2 Å². The Kier molecular flexibility index (Phi) is 5.28. The number of methoxy groups -OCH3 is 2. The summed E-state index contributed by atoms with van der Waals surface area (Å²) >= 11 is 0. The summed E-state index contributed by atoms with van der Waals surface area (Å²) in [6.07, 6.45) is 0. The number of aromatic carboxylic acids is 1. The standard InChI is InChI=1S/C12H15NO7S/c1-13(7-11(14)20-3)21(17,18)10-6-8(12(15)16)4-5-9(10)19-2/h4-6H,7H2,1-3H3,(H,15,16). The predicted molar refractivity (Wildman–Crippen MR) is 71.8 cm³/mol. The Balaban J connectivity index is 3.31. The number of hydrogen-bond acceptors (Lipinski definition) is 6. The molecule has 0 spiro atoms. The lowest BCUT2D eigenvalue weighted by Gasteiger charge is -2.18. The highest BCUT2D eigenvalue weighted by atomic mass is 32.2. The van der Waals surface area contributed by atoms with Gasteiger partial charge in [0.05, 0.1) is 19.8 Å². The fraction of sp³-hybridized carbons (Fsp3) is 0.333. The van der Waals surface area contributed by atoms with Gasteiger partial charge in [-0.2, -0.15) is 4.31 Å². The molecule has 0 aliphatic rings. The molecule has 1 rings (SSSR count). The Morgan fingerprint density at radius 1 is 1.29 bits per heavy atom. The average molecular weight is 317 g/mol. The molecule has 9 heteroatoms. The predicted octanol–water partition coefficient (Wildman–Crippen LogP) is 0.187. The maximum Gasteiger partial charge on any atom is 0.335 e. The zero-order valence-corrected chi connectivity index (χ0v) is 12.5. The van der Waals surface area contributed by atoms with Crippen LogP contribution in [0.4, 0.5) is 0 Å². The van der Waals surface area contributed by atoms with E-state index in [1.54, 1.807) is 0 Å². The smallest absolute Gasteiger partial charge is 0.335 e. The Morgan fingerprint density at radius 3 is 2.38 bits per heavy atom. The molecule has 1 aromatic carbocycles. The zero-order valence-electron chi connectivity index (χ0n) is 11.7. The topological polar surface area (TPSA) is 110 Å². The number of nitrogens with zero attached hydrogens (tertiary/aromatic N) is 1. The second-order valence-electron chi connectivity index (χ2n) is 4.01. The zero-order chi connectivity index (χ0) is 16.2. The van der Waals surface area contributed by atoms with E-state index in [9.17, 15) is 18.0 Å². The first-order valence-corrected chi connectivity index (χ1v) is 7.12. The van der Waals surface area contributed by atoms with Crippen molar-refractivity contribution in [2.45, 2.75) is 4.90 Å². The molecule has 0 heterocycles. The maximum atomic E-state index is 12.4. The number of esters is 1. The summed E-state index contributed by atoms with van der Waals surface area (Å²) in [5.41, 5.74) is -0.208. The summed E-state index contributed by atoms with van der Waals surface area (Å²) < 4.78 is 34.9. The van der Waals surface area contributed by atoms with Crippen LogP contribution in [0, 0.1) is 0 Å². The molecule has 0 aromatic heterocycles. The number of carbonyl (C=O) groups is 2. The Hall–Kier alpha value is -2.13. The van der Waals surface area contributed by atoms with E-state index in [1.807, 2.05) is 0 Å². The number of ether oxygens (including phenoxy) is 2. The van der Waals surface area contributed by atoms with Gasteiger partial charge < -0.3 is 14.6 Å². The number of carboxylic acids is 1. The molecule has 21 heavy (non-hydrogen) atoms. The average Bonchev–Trinajstić information content (AvgIpc) is 2.45. The molecule has 0 aliphatic carbocycles. The number of rotatable bonds is 6. The van der Waals surface area contributed by atoms with Gasteiger partial charge in [-0.15, -0.1) is 0 Å². The summed E-state index contributed by atoms with van der Waals surface area (Å²) in [5.74, 6) is -2.03. The van der Waals surface area contributed by atoms with Gasteiger partial charge in [-0.3, -0.25) is 4.79 Å². The van der Waals surface area contributed by atoms with Crippen LogP contribution in [0.5, 0.6) is 5.75 Å². The molecule has 0 unspecified atom stereocenters. The van der Waals surface area contributed by atoms with Crippen LogP contribution < -0.4 is 4.74 Å². The van der Waals surface area contributed by atoms with Crippen LogP contribution in [-0.2, 0) is 19.6 Å². The molecule has 0 amide bonds. The Morgan fingerprint density at radius 2 is 1.90 bits per heavy atom. The van der Waals surface area contributed by atoms with Crippen LogP contribution in [0.15, 0.2) is 23.1 Å². The van der Waals surface area contributed by atoms with Crippen LogP contribution in [0.2, 0.25) is 0 Å². The molecule has 0 radical (unpaired) electrons. The van der Waals surface area contributed by atoms with Crippen molar-refractivity contribution in [2.24, 2.45) is 0 Å². The fourth-order valence-electron chi connectivity index (χ4n) is 1.51. The van der Waals surface area contributed by atoms with Crippen molar-refractivity contribution in [3.8, 4) is 5.75 Å². The lowest BCUT2D eigenvalue weighted by Crippen LogP contribution is -2.33. The van der Waals surface area contributed by atoms with E-state index in [2.05, 4.69) is 4.74 Å². The van der Waals surface area contributed by atoms with Gasteiger partial charge >= 0.3 is 11.9 Å². The molecule has 1 N–H and O–H groups in total. The molecular formula is C12H15NO7S. The number of likely N-dealkylation sites (N-methyl/N-ethyl adjacent to an activating group) is 1. The van der Waals surface area contributed by atoms with Crippen molar-refractivity contribution in [1.29, 1.82) is 0 Å². The summed E-state index contributed by atoms with van der Waals surface area (Å²) in [6, 6.07) is 3.44. The number of sulfonamides is 1. The van der Waals surface area contributed by atoms with Gasteiger partial charge in [-0.1, -0.05) is 0 Å². The first kappa shape index (κ1) is 16.9. The first-order chi connectivity index (χ1) is 9.73. The molecule has 116 valence electrons. The third kappa shape index (κ3) is 3.70. The highest BCUT2D eigenvalue weighted by Crippen LogP contribution is 2.27. The molecule has 1 aromatic rings. The number of carboxylic acid groups (broad SMARTS) is 1. The summed E-state index contributed by atoms with van der Waals surface area (Å²) in [5, 5.41) is 8.94. The van der Waals surface area contributed by atoms with Crippen molar-refractivity contribution < 1.29 is 32.6 Å². The van der Waals surface area contributed by atoms with Gasteiger partial charge in [-0.05, 0) is 18.2 Å². The van der Waals surface area contributed by atoms with E-state index < -0.39 is 28.5 Å². The van der Waals surface area contributed by atoms with E-state index in [1.165, 1.54) is 26.3 Å². The van der Waals surface area contributed by atoms with Crippen LogP contribution in [0.1, 0.15) is 10.4 Å². The summed E-state index contributed by atoms with van der Waals surface area (Å²) in [4.78, 5) is 21.8. The summed E-state index contributed by atoms with van der Waals surface area (Å²) in [6.45, 7) is -0.501. The van der Waals surface area contributed by atoms with Crippen molar-refractivity contribution in [3.05, 3.63) is 23.8 Å². The van der Waals surface area contributed by atoms with Gasteiger partial charge in [0.15, 0.2) is 0 Å². The van der Waals surface area contributed by atoms with Crippen molar-refractivity contribution in [1.82, 2.24) is 4.31 Å². The fourth-order valence-corrected chi connectivity index (χ4v) is 2.80. The van der Waals surface area contributed by atoms with Gasteiger partial charge in [-0.25, -0.2) is 13.2 Å². The molecule has 8 nitrogen and oxygen atoms in total. The molecule has 0 atom stereocenters. The molecule has 0 fully saturated rings. The Labute approximate surface area is 121 Å². The SMILES string of the molecule is COC(=O)CN(C)S(=O)(=O)c1cc(C(=O)O)ccc1OC. The van der Waals surface area contributed by atoms with E-state index in [4.69, 9.17) is 9.84 Å². The van der Waals surface area contributed by atoms with Gasteiger partial charge in [0.25, 0.3) is 0 Å². The minimum atomic E-state index is -4.10. The second kappa shape index (κ2) is 6.55. The van der Waals surface area contributed by atoms with Crippen LogP contribution >= 0.6 is 0 Å². The third-order valence-corrected chi connectivity index (χ3v) is 4.50. The minimum Gasteiger partial charge on any atom is -0.495 e. The van der Waals surface area contributed by atoms with Crippen LogP contribution in [-0.4, -0.2) is 57.6 Å². The molecule has 0 bridgehead atoms. The highest BCUT2D eigenvalue weighted by molar-refractivity contribution is 7.89. The van der Waals surface area contributed by atoms with Crippen LogP contribution in [0.3, 0.4) is 0 Å². The lowest BCUT2D eigenvalue weighted by molar-refractivity contribution is -0.140. The second-order valence-corrected chi connectivity index (χ2v) is 6.02. The van der Waals surface area contributed by atoms with Crippen LogP contribution in [0.25, 0.3) is 0 Å². The van der Waals surface area contributed by atoms with Gasteiger partial charge in [0, 0.05) is 7.05 Å². The monoisotopic (exact) mass is 317 g/mol. The molecular weight excluding hydrogens is 302 g/mol. The number of carbonyl (C=O) groups excluding carboxylic acids is 1. The Bertz CT molecular complexity index is 654. The highest BCUT2D eigenvalue weighted by Gasteiger charge is 2.27. The maximum absolute atomic E-state index is 12.4. The first-order valence-electron chi connectivity index (χ1n) is 5.68. The quantitative estimate of drug-likeness (QED) is 0.745. The molecule has 0 saturated carbocycles. The third-order valence-electron chi connectivity index (χ3n) is 2.68. The van der Waals surface area contributed by atoms with E-state index in [0.717, 1.165) is 17.5 Å². The van der Waals surface area contributed by atoms with Crippen molar-refractivity contribution in [2.75, 3.05) is 27.8 Å². The summed E-state index contributed by atoms with van der Waals surface area (Å²) in [7, 11) is -0.527. The van der Waals surface area contributed by atoms with Crippen molar-refractivity contribution in [3.63, 3.8) is 0 Å². The number of hydrogen-bond donors (Lipinski definition) is 1. The van der Waals surface area contributed by atoms with E-state index in [0.29, 0.717) is 0 Å². The van der Waals surface area contributed by atoms with E-state index in [-0.39, 0.29) is 16.2 Å².